The molecule has 2 aromatic rings. The molecular formula is C20H25ClN4O4. The Kier molecular flexibility index (Phi) is 9.52. The molecule has 29 heavy (non-hydrogen) atoms. The van der Waals surface area contributed by atoms with Crippen LogP contribution in [0, 0.1) is 6.92 Å². The molecule has 0 spiro atoms. The molecule has 1 aromatic carbocycles. The number of hydrogen-bond acceptors (Lipinski definition) is 6. The number of ether oxygens (including phenoxy) is 2. The molecule has 0 aliphatic rings. The Labute approximate surface area is 174 Å². The van der Waals surface area contributed by atoms with Crippen molar-refractivity contribution < 1.29 is 19.1 Å². The molecule has 2 rings (SSSR count). The van der Waals surface area contributed by atoms with E-state index in [2.05, 4.69) is 15.6 Å². The fourth-order valence-electron chi connectivity index (χ4n) is 2.36. The smallest absolute Gasteiger partial charge is 0.260 e. The number of nitrogens with one attached hydrogen (secondary N) is 2. The van der Waals surface area contributed by atoms with E-state index < -0.39 is 5.91 Å². The Balaban J connectivity index is 1.92. The molecule has 0 radical (unpaired) electrons. The van der Waals surface area contributed by atoms with Crippen LogP contribution in [0.5, 0.6) is 0 Å². The number of benzene rings is 1. The summed E-state index contributed by atoms with van der Waals surface area (Å²) in [6.45, 7) is 3.86. The van der Waals surface area contributed by atoms with E-state index in [1.807, 2.05) is 13.0 Å². The first kappa shape index (κ1) is 22.8. The third-order valence-electron chi connectivity index (χ3n) is 3.78. The zero-order chi connectivity index (χ0) is 21.1. The third kappa shape index (κ3) is 7.78. The van der Waals surface area contributed by atoms with Crippen molar-refractivity contribution in [1.29, 1.82) is 0 Å². The largest absolute Gasteiger partial charge is 0.379 e. The van der Waals surface area contributed by atoms with E-state index in [0.717, 1.165) is 5.56 Å². The number of carbonyl (C=O) groups is 2. The molecule has 0 unspecified atom stereocenters. The van der Waals surface area contributed by atoms with E-state index in [1.54, 1.807) is 30.5 Å². The number of hydrogen-bond donors (Lipinski definition) is 3. The highest BCUT2D eigenvalue weighted by Gasteiger charge is 2.17. The summed E-state index contributed by atoms with van der Waals surface area (Å²) in [4.78, 5) is 29.0. The molecule has 0 fully saturated rings. The van der Waals surface area contributed by atoms with Crippen molar-refractivity contribution in [1.82, 2.24) is 4.98 Å². The first-order valence-electron chi connectivity index (χ1n) is 9.19. The van der Waals surface area contributed by atoms with Crippen LogP contribution in [0.25, 0.3) is 0 Å². The number of nitrogens with two attached hydrogens (primary N) is 1. The van der Waals surface area contributed by atoms with E-state index >= 15 is 0 Å². The van der Waals surface area contributed by atoms with Crippen molar-refractivity contribution in [3.8, 4) is 0 Å². The van der Waals surface area contributed by atoms with Crippen molar-refractivity contribution in [3.63, 3.8) is 0 Å². The highest BCUT2D eigenvalue weighted by atomic mass is 35.5. The van der Waals surface area contributed by atoms with E-state index in [0.29, 0.717) is 37.9 Å². The fraction of sp³-hybridized carbons (Fsp3) is 0.350. The molecule has 1 aromatic heterocycles. The lowest BCUT2D eigenvalue weighted by molar-refractivity contribution is -0.117. The second-order valence-electron chi connectivity index (χ2n) is 6.15. The van der Waals surface area contributed by atoms with Gasteiger partial charge in [-0.05, 0) is 30.7 Å². The van der Waals surface area contributed by atoms with Crippen LogP contribution < -0.4 is 16.4 Å². The highest BCUT2D eigenvalue weighted by molar-refractivity contribution is 6.35. The lowest BCUT2D eigenvalue weighted by atomic mass is 10.1. The number of anilines is 2. The van der Waals surface area contributed by atoms with E-state index in [-0.39, 0.29) is 29.5 Å². The monoisotopic (exact) mass is 420 g/mol. The van der Waals surface area contributed by atoms with Crippen molar-refractivity contribution >= 4 is 34.9 Å². The van der Waals surface area contributed by atoms with Gasteiger partial charge in [0.05, 0.1) is 49.1 Å². The minimum absolute atomic E-state index is 0.129. The van der Waals surface area contributed by atoms with Crippen LogP contribution in [-0.4, -0.2) is 49.8 Å². The molecule has 1 heterocycles. The molecule has 0 atom stereocenters. The number of halogens is 1. The molecular weight excluding hydrogens is 396 g/mol. The van der Waals surface area contributed by atoms with Gasteiger partial charge in [0, 0.05) is 12.7 Å². The van der Waals surface area contributed by atoms with Gasteiger partial charge in [0.25, 0.3) is 5.91 Å². The minimum Gasteiger partial charge on any atom is -0.379 e. The van der Waals surface area contributed by atoms with Crippen LogP contribution in [0.3, 0.4) is 0 Å². The maximum Gasteiger partial charge on any atom is 0.260 e. The fourth-order valence-corrected chi connectivity index (χ4v) is 2.62. The number of aryl methyl sites for hydroxylation is 1. The van der Waals surface area contributed by atoms with Crippen molar-refractivity contribution in [2.75, 3.05) is 43.6 Å². The predicted octanol–water partition coefficient (Wildman–Crippen LogP) is 2.62. The lowest BCUT2D eigenvalue weighted by Crippen LogP contribution is -2.20. The molecule has 8 nitrogen and oxygen atoms in total. The maximum atomic E-state index is 12.7. The van der Waals surface area contributed by atoms with Crippen molar-refractivity contribution in [2.45, 2.75) is 13.3 Å². The van der Waals surface area contributed by atoms with Gasteiger partial charge in [-0.25, -0.2) is 4.98 Å². The average Bonchev–Trinajstić information content (AvgIpc) is 2.69. The van der Waals surface area contributed by atoms with Gasteiger partial charge < -0.3 is 25.8 Å². The molecule has 156 valence electrons. The number of carbonyl (C=O) groups excluding carboxylic acids is 2. The molecule has 9 heteroatoms. The second kappa shape index (κ2) is 12.1. The molecule has 0 aliphatic carbocycles. The van der Waals surface area contributed by atoms with Gasteiger partial charge in [-0.3, -0.25) is 9.59 Å². The first-order chi connectivity index (χ1) is 14.0. The number of rotatable bonds is 11. The Hall–Kier alpha value is -2.52. The quantitative estimate of drug-likeness (QED) is 0.481. The lowest BCUT2D eigenvalue weighted by Gasteiger charge is -2.13. The number of aromatic nitrogens is 1. The van der Waals surface area contributed by atoms with Crippen LogP contribution in [0.4, 0.5) is 11.5 Å². The standard InChI is InChI=1S/C20H25ClN4O4/c1-14-5-6-17(23-13-14)25-20(27)19-15(21)3-2-4-16(19)24-18(26)7-9-28-11-12-29-10-8-22/h2-6,13H,7-12,22H2,1H3,(H,24,26)(H,23,25,27). The van der Waals surface area contributed by atoms with Crippen LogP contribution in [-0.2, 0) is 14.3 Å². The molecule has 4 N–H and O–H groups in total. The zero-order valence-electron chi connectivity index (χ0n) is 16.2. The molecule has 0 aliphatic heterocycles. The molecule has 0 saturated heterocycles. The number of amides is 2. The first-order valence-corrected chi connectivity index (χ1v) is 9.57. The van der Waals surface area contributed by atoms with Crippen LogP contribution >= 0.6 is 11.6 Å². The van der Waals surface area contributed by atoms with Crippen LogP contribution in [0.2, 0.25) is 5.02 Å². The molecule has 0 bridgehead atoms. The number of nitrogens with zero attached hydrogens (tertiary/aromatic N) is 1. The van der Waals surface area contributed by atoms with Gasteiger partial charge in [0.2, 0.25) is 5.91 Å². The zero-order valence-corrected chi connectivity index (χ0v) is 17.0. The normalized spacial score (nSPS) is 10.6. The van der Waals surface area contributed by atoms with Crippen molar-refractivity contribution in [2.24, 2.45) is 5.73 Å². The van der Waals surface area contributed by atoms with Gasteiger partial charge >= 0.3 is 0 Å². The minimum atomic E-state index is -0.462. The molecule has 2 amide bonds. The summed E-state index contributed by atoms with van der Waals surface area (Å²) in [6, 6.07) is 8.38. The Morgan fingerprint density at radius 3 is 2.52 bits per heavy atom. The second-order valence-corrected chi connectivity index (χ2v) is 6.56. The van der Waals surface area contributed by atoms with E-state index in [9.17, 15) is 9.59 Å². The third-order valence-corrected chi connectivity index (χ3v) is 4.09. The number of pyridine rings is 1. The Bertz CT molecular complexity index is 815. The van der Waals surface area contributed by atoms with E-state index in [1.165, 1.54) is 0 Å². The van der Waals surface area contributed by atoms with Crippen molar-refractivity contribution in [3.05, 3.63) is 52.7 Å². The summed E-state index contributed by atoms with van der Waals surface area (Å²) in [5.74, 6) is -0.365. The average molecular weight is 421 g/mol. The highest BCUT2D eigenvalue weighted by Crippen LogP contribution is 2.25. The summed E-state index contributed by atoms with van der Waals surface area (Å²) in [7, 11) is 0. The van der Waals surface area contributed by atoms with Gasteiger partial charge in [-0.1, -0.05) is 23.7 Å². The van der Waals surface area contributed by atoms with E-state index in [4.69, 9.17) is 26.8 Å². The maximum absolute atomic E-state index is 12.7. The summed E-state index contributed by atoms with van der Waals surface area (Å²) in [5.41, 5.74) is 6.77. The van der Waals surface area contributed by atoms with Crippen LogP contribution in [0.15, 0.2) is 36.5 Å². The van der Waals surface area contributed by atoms with Gasteiger partial charge in [-0.15, -0.1) is 0 Å². The summed E-state index contributed by atoms with van der Waals surface area (Å²) < 4.78 is 10.5. The predicted molar refractivity (Wildman–Crippen MR) is 112 cm³/mol. The summed E-state index contributed by atoms with van der Waals surface area (Å²) in [6.07, 6.45) is 1.77. The van der Waals surface area contributed by atoms with Gasteiger partial charge in [0.15, 0.2) is 0 Å². The summed E-state index contributed by atoms with van der Waals surface area (Å²) in [5, 5.41) is 5.61. The SMILES string of the molecule is Cc1ccc(NC(=O)c2c(Cl)cccc2NC(=O)CCOCCOCCN)nc1. The van der Waals surface area contributed by atoms with Gasteiger partial charge in [-0.2, -0.15) is 0 Å². The molecule has 0 saturated carbocycles. The summed E-state index contributed by atoms with van der Waals surface area (Å²) >= 11 is 6.21. The Morgan fingerprint density at radius 1 is 1.07 bits per heavy atom. The topological polar surface area (TPSA) is 116 Å². The van der Waals surface area contributed by atoms with Gasteiger partial charge in [0.1, 0.15) is 5.82 Å². The van der Waals surface area contributed by atoms with Crippen LogP contribution in [0.1, 0.15) is 22.3 Å². The Morgan fingerprint density at radius 2 is 1.83 bits per heavy atom.